The molecule has 1 aliphatic rings. The van der Waals surface area contributed by atoms with E-state index in [9.17, 15) is 18.0 Å². The fourth-order valence-electron chi connectivity index (χ4n) is 3.74. The van der Waals surface area contributed by atoms with Crippen LogP contribution in [0.25, 0.3) is 0 Å². The van der Waals surface area contributed by atoms with Gasteiger partial charge in [0.15, 0.2) is 0 Å². The van der Waals surface area contributed by atoms with Crippen molar-refractivity contribution in [1.29, 1.82) is 0 Å². The smallest absolute Gasteiger partial charge is 0.243 e. The van der Waals surface area contributed by atoms with E-state index < -0.39 is 16.1 Å². The van der Waals surface area contributed by atoms with E-state index >= 15 is 0 Å². The summed E-state index contributed by atoms with van der Waals surface area (Å²) >= 11 is 0. The molecule has 1 unspecified atom stereocenters. The Balaban J connectivity index is 1.86. The summed E-state index contributed by atoms with van der Waals surface area (Å²) in [6, 6.07) is 6.16. The highest BCUT2D eigenvalue weighted by molar-refractivity contribution is 7.89. The Labute approximate surface area is 198 Å². The highest BCUT2D eigenvalue weighted by Gasteiger charge is 2.34. The monoisotopic (exact) mass is 481 g/mol. The number of rotatable bonds is 11. The zero-order valence-electron chi connectivity index (χ0n) is 20.5. The van der Waals surface area contributed by atoms with Crippen molar-refractivity contribution in [3.63, 3.8) is 0 Å². The number of amides is 2. The zero-order chi connectivity index (χ0) is 24.6. The first-order chi connectivity index (χ1) is 15.5. The lowest BCUT2D eigenvalue weighted by Gasteiger charge is -2.32. The van der Waals surface area contributed by atoms with Gasteiger partial charge in [-0.25, -0.2) is 8.42 Å². The van der Waals surface area contributed by atoms with Crippen molar-refractivity contribution in [3.8, 4) is 0 Å². The van der Waals surface area contributed by atoms with Crippen molar-refractivity contribution < 1.29 is 22.7 Å². The van der Waals surface area contributed by atoms with Crippen LogP contribution >= 0.6 is 0 Å². The van der Waals surface area contributed by atoms with E-state index in [4.69, 9.17) is 4.74 Å². The number of carbonyl (C=O) groups is 2. The lowest BCUT2D eigenvalue weighted by Crippen LogP contribution is -2.52. The van der Waals surface area contributed by atoms with Gasteiger partial charge in [-0.15, -0.1) is 0 Å². The third-order valence-electron chi connectivity index (χ3n) is 5.80. The molecule has 1 aliphatic heterocycles. The number of nitrogens with one attached hydrogen (secondary N) is 2. The lowest BCUT2D eigenvalue weighted by atomic mass is 9.95. The number of ether oxygens (including phenoxy) is 1. The Bertz CT molecular complexity index is 876. The van der Waals surface area contributed by atoms with Gasteiger partial charge in [-0.2, -0.15) is 4.31 Å². The quantitative estimate of drug-likeness (QED) is 0.473. The van der Waals surface area contributed by atoms with Crippen molar-refractivity contribution in [2.24, 2.45) is 11.8 Å². The van der Waals surface area contributed by atoms with Gasteiger partial charge in [0, 0.05) is 32.2 Å². The number of nitrogens with zero attached hydrogens (tertiary/aromatic N) is 1. The first-order valence-corrected chi connectivity index (χ1v) is 13.2. The molecule has 0 saturated carbocycles. The molecule has 1 heterocycles. The van der Waals surface area contributed by atoms with Crippen LogP contribution < -0.4 is 10.6 Å². The highest BCUT2D eigenvalue weighted by atomic mass is 32.2. The molecule has 186 valence electrons. The summed E-state index contributed by atoms with van der Waals surface area (Å²) in [6.45, 7) is 11.2. The van der Waals surface area contributed by atoms with Gasteiger partial charge in [0.25, 0.3) is 0 Å². The molecule has 0 aliphatic carbocycles. The second-order valence-electron chi connectivity index (χ2n) is 9.29. The largest absolute Gasteiger partial charge is 0.379 e. The van der Waals surface area contributed by atoms with Gasteiger partial charge in [0.1, 0.15) is 6.04 Å². The average molecular weight is 482 g/mol. The van der Waals surface area contributed by atoms with E-state index in [0.29, 0.717) is 32.4 Å². The summed E-state index contributed by atoms with van der Waals surface area (Å²) in [7, 11) is -3.57. The topological polar surface area (TPSA) is 105 Å². The average Bonchev–Trinajstić information content (AvgIpc) is 2.76. The van der Waals surface area contributed by atoms with Gasteiger partial charge in [-0.1, -0.05) is 31.5 Å². The van der Waals surface area contributed by atoms with Crippen LogP contribution in [0.1, 0.15) is 52.5 Å². The number of hydrogen-bond acceptors (Lipinski definition) is 5. The van der Waals surface area contributed by atoms with Crippen molar-refractivity contribution >= 4 is 21.8 Å². The molecule has 1 atom stereocenters. The molecule has 1 fully saturated rings. The molecule has 2 amide bonds. The van der Waals surface area contributed by atoms with E-state index in [1.165, 1.54) is 4.31 Å². The van der Waals surface area contributed by atoms with Crippen LogP contribution in [0.3, 0.4) is 0 Å². The van der Waals surface area contributed by atoms with Crippen molar-refractivity contribution in [1.82, 2.24) is 14.9 Å². The van der Waals surface area contributed by atoms with Gasteiger partial charge in [-0.3, -0.25) is 9.59 Å². The molecule has 2 rings (SSSR count). The lowest BCUT2D eigenvalue weighted by molar-refractivity contribution is -0.132. The Morgan fingerprint density at radius 3 is 2.24 bits per heavy atom. The molecule has 1 aromatic carbocycles. The standard InChI is InChI=1S/C24H39N3O5S/c1-17(2)22(24(29)25-13-6-16-32-18(3)4)26-23(28)20-11-14-27(15-12-20)33(30,31)21-9-7-19(5)8-10-21/h7-10,17-18,20,22H,6,11-16H2,1-5H3,(H,25,29)(H,26,28). The molecule has 8 nitrogen and oxygen atoms in total. The third kappa shape index (κ3) is 8.08. The van der Waals surface area contributed by atoms with Gasteiger partial charge in [-0.05, 0) is 58.1 Å². The molecule has 2 N–H and O–H groups in total. The summed E-state index contributed by atoms with van der Waals surface area (Å²) in [4.78, 5) is 25.7. The van der Waals surface area contributed by atoms with Crippen molar-refractivity contribution in [2.75, 3.05) is 26.2 Å². The van der Waals surface area contributed by atoms with Gasteiger partial charge >= 0.3 is 0 Å². The van der Waals surface area contributed by atoms with Crippen LogP contribution in [0.2, 0.25) is 0 Å². The summed E-state index contributed by atoms with van der Waals surface area (Å²) < 4.78 is 32.7. The van der Waals surface area contributed by atoms with Crippen LogP contribution in [0.4, 0.5) is 0 Å². The maximum Gasteiger partial charge on any atom is 0.243 e. The maximum absolute atomic E-state index is 12.9. The molecule has 1 aromatic rings. The SMILES string of the molecule is Cc1ccc(S(=O)(=O)N2CCC(C(=O)NC(C(=O)NCCCOC(C)C)C(C)C)CC2)cc1. The van der Waals surface area contributed by atoms with E-state index in [1.54, 1.807) is 24.3 Å². The fourth-order valence-corrected chi connectivity index (χ4v) is 5.21. The summed E-state index contributed by atoms with van der Waals surface area (Å²) in [6.07, 6.45) is 1.71. The fraction of sp³-hybridized carbons (Fsp3) is 0.667. The van der Waals surface area contributed by atoms with Crippen LogP contribution in [-0.4, -0.2) is 62.9 Å². The summed E-state index contributed by atoms with van der Waals surface area (Å²) in [5, 5.41) is 5.76. The van der Waals surface area contributed by atoms with Crippen LogP contribution in [-0.2, 0) is 24.3 Å². The first-order valence-electron chi connectivity index (χ1n) is 11.8. The Morgan fingerprint density at radius 2 is 1.70 bits per heavy atom. The highest BCUT2D eigenvalue weighted by Crippen LogP contribution is 2.24. The minimum absolute atomic E-state index is 0.0668. The molecule has 0 radical (unpaired) electrons. The number of aryl methyl sites for hydroxylation is 1. The number of carbonyl (C=O) groups excluding carboxylic acids is 2. The minimum Gasteiger partial charge on any atom is -0.379 e. The van der Waals surface area contributed by atoms with E-state index in [1.807, 2.05) is 34.6 Å². The Morgan fingerprint density at radius 1 is 1.09 bits per heavy atom. The van der Waals surface area contributed by atoms with Gasteiger partial charge < -0.3 is 15.4 Å². The minimum atomic E-state index is -3.57. The maximum atomic E-state index is 12.9. The van der Waals surface area contributed by atoms with Gasteiger partial charge in [0.2, 0.25) is 21.8 Å². The Hall–Kier alpha value is -1.97. The number of benzene rings is 1. The van der Waals surface area contributed by atoms with Crippen molar-refractivity contribution in [2.45, 2.75) is 70.9 Å². The molecule has 0 aromatic heterocycles. The summed E-state index contributed by atoms with van der Waals surface area (Å²) in [5.41, 5.74) is 0.997. The van der Waals surface area contributed by atoms with Gasteiger partial charge in [0.05, 0.1) is 11.0 Å². The second kappa shape index (κ2) is 12.5. The summed E-state index contributed by atoms with van der Waals surface area (Å²) in [5.74, 6) is -0.785. The van der Waals surface area contributed by atoms with E-state index in [2.05, 4.69) is 10.6 Å². The first kappa shape index (κ1) is 27.3. The van der Waals surface area contributed by atoms with Crippen LogP contribution in [0, 0.1) is 18.8 Å². The zero-order valence-corrected chi connectivity index (χ0v) is 21.3. The van der Waals surface area contributed by atoms with E-state index in [-0.39, 0.29) is 47.7 Å². The molecule has 0 spiro atoms. The predicted octanol–water partition coefficient (Wildman–Crippen LogP) is 2.47. The second-order valence-corrected chi connectivity index (χ2v) is 11.2. The van der Waals surface area contributed by atoms with Crippen LogP contribution in [0.5, 0.6) is 0 Å². The molecular weight excluding hydrogens is 442 g/mol. The molecule has 33 heavy (non-hydrogen) atoms. The molecular formula is C24H39N3O5S. The third-order valence-corrected chi connectivity index (χ3v) is 7.71. The van der Waals surface area contributed by atoms with E-state index in [0.717, 1.165) is 5.56 Å². The molecule has 0 bridgehead atoms. The number of hydrogen-bond donors (Lipinski definition) is 2. The normalized spacial score (nSPS) is 16.7. The van der Waals surface area contributed by atoms with Crippen LogP contribution in [0.15, 0.2) is 29.2 Å². The Kier molecular flexibility index (Phi) is 10.3. The van der Waals surface area contributed by atoms with Crippen molar-refractivity contribution in [3.05, 3.63) is 29.8 Å². The predicted molar refractivity (Wildman–Crippen MR) is 128 cm³/mol. The molecule has 1 saturated heterocycles. The number of sulfonamides is 1. The molecule has 9 heteroatoms. The number of piperidine rings is 1.